The van der Waals surface area contributed by atoms with Crippen molar-refractivity contribution in [3.63, 3.8) is 0 Å². The normalized spacial score (nSPS) is 16.5. The van der Waals surface area contributed by atoms with Gasteiger partial charge in [-0.2, -0.15) is 0 Å². The summed E-state index contributed by atoms with van der Waals surface area (Å²) < 4.78 is 19.8. The molecule has 0 aliphatic carbocycles. The summed E-state index contributed by atoms with van der Waals surface area (Å²) in [6.45, 7) is 0.837. The first kappa shape index (κ1) is 16.7. The molecule has 1 unspecified atom stereocenters. The number of aromatic nitrogens is 1. The van der Waals surface area contributed by atoms with E-state index in [4.69, 9.17) is 4.74 Å². The van der Waals surface area contributed by atoms with E-state index in [2.05, 4.69) is 4.98 Å². The molecule has 0 saturated heterocycles. The summed E-state index contributed by atoms with van der Waals surface area (Å²) in [5.74, 6) is 0.483. The lowest BCUT2D eigenvalue weighted by atomic mass is 10.0. The van der Waals surface area contributed by atoms with E-state index in [1.165, 1.54) is 6.07 Å². The van der Waals surface area contributed by atoms with E-state index >= 15 is 0 Å². The lowest BCUT2D eigenvalue weighted by Crippen LogP contribution is -2.22. The molecule has 4 rings (SSSR count). The number of aliphatic hydroxyl groups excluding tert-OH is 1. The molecule has 3 aromatic rings. The lowest BCUT2D eigenvalue weighted by Gasteiger charge is -2.20. The van der Waals surface area contributed by atoms with Crippen LogP contribution in [0.15, 0.2) is 60.8 Å². The molecule has 0 fully saturated rings. The Hall–Kier alpha value is -2.76. The molecular formula is C21H19FN2O2. The van der Waals surface area contributed by atoms with Gasteiger partial charge in [-0.15, -0.1) is 0 Å². The Morgan fingerprint density at radius 2 is 1.92 bits per heavy atom. The van der Waals surface area contributed by atoms with E-state index in [0.29, 0.717) is 18.7 Å². The molecule has 26 heavy (non-hydrogen) atoms. The fourth-order valence-corrected chi connectivity index (χ4v) is 3.29. The van der Waals surface area contributed by atoms with Crippen molar-refractivity contribution >= 4 is 0 Å². The van der Waals surface area contributed by atoms with Crippen molar-refractivity contribution in [1.82, 2.24) is 9.88 Å². The molecular weight excluding hydrogens is 331 g/mol. The fourth-order valence-electron chi connectivity index (χ4n) is 3.29. The highest BCUT2D eigenvalue weighted by molar-refractivity contribution is 5.64. The van der Waals surface area contributed by atoms with E-state index in [-0.39, 0.29) is 5.82 Å². The highest BCUT2D eigenvalue weighted by atomic mass is 19.1. The second kappa shape index (κ2) is 6.86. The van der Waals surface area contributed by atoms with E-state index in [0.717, 1.165) is 28.1 Å². The second-order valence-electron chi connectivity index (χ2n) is 6.35. The number of ether oxygens (including phenoxy) is 1. The molecule has 1 aliphatic rings. The predicted octanol–water partition coefficient (Wildman–Crippen LogP) is 3.90. The van der Waals surface area contributed by atoms with Gasteiger partial charge < -0.3 is 9.84 Å². The number of aliphatic hydroxyl groups is 1. The highest BCUT2D eigenvalue weighted by Gasteiger charge is 2.29. The van der Waals surface area contributed by atoms with Crippen LogP contribution in [0.2, 0.25) is 0 Å². The number of halogens is 1. The molecule has 0 amide bonds. The Labute approximate surface area is 151 Å². The van der Waals surface area contributed by atoms with Gasteiger partial charge in [-0.3, -0.25) is 9.88 Å². The van der Waals surface area contributed by atoms with Gasteiger partial charge >= 0.3 is 0 Å². The van der Waals surface area contributed by atoms with E-state index in [1.807, 2.05) is 41.3 Å². The minimum Gasteiger partial charge on any atom is -0.497 e. The molecule has 2 aromatic carbocycles. The Morgan fingerprint density at radius 1 is 1.15 bits per heavy atom. The molecule has 0 bridgehead atoms. The Kier molecular flexibility index (Phi) is 4.41. The van der Waals surface area contributed by atoms with Crippen molar-refractivity contribution in [2.24, 2.45) is 0 Å². The summed E-state index contributed by atoms with van der Waals surface area (Å²) in [5, 5.41) is 10.4. The topological polar surface area (TPSA) is 45.6 Å². The largest absolute Gasteiger partial charge is 0.497 e. The molecule has 2 heterocycles. The third-order valence-corrected chi connectivity index (χ3v) is 4.75. The molecule has 0 saturated carbocycles. The van der Waals surface area contributed by atoms with Crippen molar-refractivity contribution in [3.05, 3.63) is 83.4 Å². The number of fused-ring (bicyclic) bond motifs is 1. The Bertz CT molecular complexity index is 928. The summed E-state index contributed by atoms with van der Waals surface area (Å²) in [5.41, 5.74) is 3.92. The van der Waals surface area contributed by atoms with Gasteiger partial charge in [0.2, 0.25) is 0 Å². The number of methoxy groups -OCH3 is 1. The van der Waals surface area contributed by atoms with Crippen molar-refractivity contribution in [2.45, 2.75) is 19.3 Å². The van der Waals surface area contributed by atoms with Gasteiger partial charge in [-0.25, -0.2) is 4.39 Å². The van der Waals surface area contributed by atoms with Crippen LogP contribution in [0.5, 0.6) is 5.75 Å². The fraction of sp³-hybridized carbons (Fsp3) is 0.190. The maximum Gasteiger partial charge on any atom is 0.136 e. The zero-order chi connectivity index (χ0) is 18.1. The van der Waals surface area contributed by atoms with Gasteiger partial charge in [0.15, 0.2) is 0 Å². The standard InChI is InChI=1S/C21H19FN2O2/c1-26-17-8-6-14(7-9-17)15-4-5-16(19(22)11-15)12-24-13-20-18(21(24)25)3-2-10-23-20/h2-11,21,25H,12-13H2,1H3. The minimum absolute atomic E-state index is 0.283. The molecule has 1 atom stereocenters. The number of benzene rings is 2. The summed E-state index contributed by atoms with van der Waals surface area (Å²) in [6.07, 6.45) is 0.957. The van der Waals surface area contributed by atoms with Gasteiger partial charge in [-0.05, 0) is 35.4 Å². The highest BCUT2D eigenvalue weighted by Crippen LogP contribution is 2.32. The summed E-state index contributed by atoms with van der Waals surface area (Å²) in [7, 11) is 1.62. The van der Waals surface area contributed by atoms with Crippen LogP contribution in [0, 0.1) is 5.82 Å². The molecule has 1 N–H and O–H groups in total. The third kappa shape index (κ3) is 3.07. The average Bonchev–Trinajstić information content (AvgIpc) is 2.99. The first-order valence-electron chi connectivity index (χ1n) is 8.44. The summed E-state index contributed by atoms with van der Waals surface area (Å²) in [6, 6.07) is 16.4. The molecule has 1 aliphatic heterocycles. The van der Waals surface area contributed by atoms with Crippen LogP contribution < -0.4 is 4.74 Å². The summed E-state index contributed by atoms with van der Waals surface area (Å²) in [4.78, 5) is 6.09. The SMILES string of the molecule is COc1ccc(-c2ccc(CN3Cc4ncccc4C3O)c(F)c2)cc1. The monoisotopic (exact) mass is 350 g/mol. The second-order valence-corrected chi connectivity index (χ2v) is 6.35. The van der Waals surface area contributed by atoms with Gasteiger partial charge in [0.05, 0.1) is 12.8 Å². The number of pyridine rings is 1. The minimum atomic E-state index is -0.751. The van der Waals surface area contributed by atoms with Crippen LogP contribution in [-0.2, 0) is 13.1 Å². The zero-order valence-electron chi connectivity index (χ0n) is 14.4. The van der Waals surface area contributed by atoms with Crippen LogP contribution in [0.4, 0.5) is 4.39 Å². The number of rotatable bonds is 4. The van der Waals surface area contributed by atoms with Crippen LogP contribution in [-0.4, -0.2) is 22.1 Å². The van der Waals surface area contributed by atoms with Gasteiger partial charge in [0, 0.05) is 30.4 Å². The molecule has 4 nitrogen and oxygen atoms in total. The lowest BCUT2D eigenvalue weighted by molar-refractivity contribution is 0.00695. The first-order valence-corrected chi connectivity index (χ1v) is 8.44. The first-order chi connectivity index (χ1) is 12.7. The van der Waals surface area contributed by atoms with Crippen molar-refractivity contribution in [3.8, 4) is 16.9 Å². The molecule has 132 valence electrons. The van der Waals surface area contributed by atoms with Crippen LogP contribution >= 0.6 is 0 Å². The third-order valence-electron chi connectivity index (χ3n) is 4.75. The average molecular weight is 350 g/mol. The number of hydrogen-bond donors (Lipinski definition) is 1. The summed E-state index contributed by atoms with van der Waals surface area (Å²) >= 11 is 0. The molecule has 1 aromatic heterocycles. The maximum atomic E-state index is 14.6. The van der Waals surface area contributed by atoms with E-state index < -0.39 is 6.23 Å². The molecule has 0 spiro atoms. The number of nitrogens with zero attached hydrogens (tertiary/aromatic N) is 2. The van der Waals surface area contributed by atoms with Crippen molar-refractivity contribution in [2.75, 3.05) is 7.11 Å². The smallest absolute Gasteiger partial charge is 0.136 e. The van der Waals surface area contributed by atoms with Gasteiger partial charge in [0.25, 0.3) is 0 Å². The van der Waals surface area contributed by atoms with Crippen LogP contribution in [0.25, 0.3) is 11.1 Å². The molecule has 5 heteroatoms. The van der Waals surface area contributed by atoms with Crippen LogP contribution in [0.3, 0.4) is 0 Å². The number of hydrogen-bond acceptors (Lipinski definition) is 4. The van der Waals surface area contributed by atoms with Gasteiger partial charge in [0.1, 0.15) is 17.8 Å². The maximum absolute atomic E-state index is 14.6. The van der Waals surface area contributed by atoms with Crippen molar-refractivity contribution < 1.29 is 14.2 Å². The Morgan fingerprint density at radius 3 is 2.62 bits per heavy atom. The predicted molar refractivity (Wildman–Crippen MR) is 96.8 cm³/mol. The van der Waals surface area contributed by atoms with Crippen LogP contribution in [0.1, 0.15) is 23.0 Å². The van der Waals surface area contributed by atoms with E-state index in [9.17, 15) is 9.50 Å². The zero-order valence-corrected chi connectivity index (χ0v) is 14.4. The van der Waals surface area contributed by atoms with Crippen molar-refractivity contribution in [1.29, 1.82) is 0 Å². The van der Waals surface area contributed by atoms with E-state index in [1.54, 1.807) is 25.4 Å². The quantitative estimate of drug-likeness (QED) is 0.775. The van der Waals surface area contributed by atoms with Gasteiger partial charge in [-0.1, -0.05) is 30.3 Å². The Balaban J connectivity index is 1.53. The molecule has 0 radical (unpaired) electrons.